The van der Waals surface area contributed by atoms with Gasteiger partial charge in [-0.2, -0.15) is 0 Å². The van der Waals surface area contributed by atoms with Gasteiger partial charge in [-0.1, -0.05) is 17.7 Å². The zero-order chi connectivity index (χ0) is 17.9. The van der Waals surface area contributed by atoms with E-state index in [1.807, 2.05) is 6.08 Å². The van der Waals surface area contributed by atoms with Gasteiger partial charge in [-0.25, -0.2) is 13.1 Å². The first-order chi connectivity index (χ1) is 12.0. The van der Waals surface area contributed by atoms with E-state index in [4.69, 9.17) is 4.74 Å². The van der Waals surface area contributed by atoms with E-state index in [-0.39, 0.29) is 23.5 Å². The van der Waals surface area contributed by atoms with Crippen molar-refractivity contribution in [1.82, 2.24) is 9.62 Å². The molecule has 0 bridgehead atoms. The van der Waals surface area contributed by atoms with Crippen molar-refractivity contribution in [3.05, 3.63) is 41.5 Å². The molecule has 1 amide bonds. The van der Waals surface area contributed by atoms with Crippen LogP contribution in [0.25, 0.3) is 0 Å². The number of hydrogen-bond donors (Lipinski definition) is 1. The normalized spacial score (nSPS) is 21.2. The largest absolute Gasteiger partial charge is 0.377 e. The summed E-state index contributed by atoms with van der Waals surface area (Å²) in [6.45, 7) is 4.22. The maximum Gasteiger partial charge on any atom is 0.254 e. The van der Waals surface area contributed by atoms with E-state index in [1.54, 1.807) is 17.0 Å². The molecule has 0 saturated carbocycles. The molecule has 3 rings (SSSR count). The minimum absolute atomic E-state index is 0.0667. The Hall–Kier alpha value is -1.70. The lowest BCUT2D eigenvalue weighted by Gasteiger charge is -2.25. The standard InChI is InChI=1S/C18H24N2O4S/c1-14-7-9-20(10-8-14)18(21)15-4-2-6-17(12-15)25(22,23)19-13-16-5-3-11-24-16/h2,4,6-7,12,16,19H,3,5,8-11,13H2,1H3/t16-/m1/s1. The molecule has 2 aliphatic heterocycles. The average molecular weight is 364 g/mol. The summed E-state index contributed by atoms with van der Waals surface area (Å²) in [5.41, 5.74) is 1.67. The quantitative estimate of drug-likeness (QED) is 0.810. The van der Waals surface area contributed by atoms with Gasteiger partial charge in [-0.15, -0.1) is 0 Å². The SMILES string of the molecule is CC1=CCN(C(=O)c2cccc(S(=O)(=O)NC[C@H]3CCCO3)c2)CC1. The second-order valence-corrected chi connectivity index (χ2v) is 8.33. The van der Waals surface area contributed by atoms with Crippen LogP contribution in [0.5, 0.6) is 0 Å². The maximum absolute atomic E-state index is 12.6. The van der Waals surface area contributed by atoms with Crippen LogP contribution < -0.4 is 4.72 Å². The number of nitrogens with zero attached hydrogens (tertiary/aromatic N) is 1. The Morgan fingerprint density at radius 3 is 2.92 bits per heavy atom. The van der Waals surface area contributed by atoms with Crippen LogP contribution in [0.2, 0.25) is 0 Å². The molecular weight excluding hydrogens is 340 g/mol. The van der Waals surface area contributed by atoms with Crippen LogP contribution in [0.1, 0.15) is 36.5 Å². The molecule has 1 atom stereocenters. The Balaban J connectivity index is 1.70. The van der Waals surface area contributed by atoms with Crippen molar-refractivity contribution >= 4 is 15.9 Å². The van der Waals surface area contributed by atoms with E-state index in [0.717, 1.165) is 19.3 Å². The van der Waals surface area contributed by atoms with Crippen molar-refractivity contribution in [2.75, 3.05) is 26.2 Å². The Morgan fingerprint density at radius 1 is 1.40 bits per heavy atom. The molecule has 136 valence electrons. The molecule has 0 radical (unpaired) electrons. The van der Waals surface area contributed by atoms with Crippen LogP contribution in [0.3, 0.4) is 0 Å². The molecule has 2 aliphatic rings. The summed E-state index contributed by atoms with van der Waals surface area (Å²) < 4.78 is 33.0. The molecule has 1 fully saturated rings. The zero-order valence-corrected chi connectivity index (χ0v) is 15.2. The Labute approximate surface area is 148 Å². The van der Waals surface area contributed by atoms with Gasteiger partial charge in [0.05, 0.1) is 11.0 Å². The van der Waals surface area contributed by atoms with Crippen molar-refractivity contribution in [1.29, 1.82) is 0 Å². The second kappa shape index (κ2) is 7.68. The molecule has 1 N–H and O–H groups in total. The van der Waals surface area contributed by atoms with E-state index < -0.39 is 10.0 Å². The predicted molar refractivity (Wildman–Crippen MR) is 94.9 cm³/mol. The fourth-order valence-corrected chi connectivity index (χ4v) is 4.14. The summed E-state index contributed by atoms with van der Waals surface area (Å²) in [7, 11) is -3.66. The highest BCUT2D eigenvalue weighted by Gasteiger charge is 2.22. The van der Waals surface area contributed by atoms with Crippen LogP contribution in [-0.4, -0.2) is 51.6 Å². The van der Waals surface area contributed by atoms with Crippen LogP contribution in [-0.2, 0) is 14.8 Å². The number of hydrogen-bond acceptors (Lipinski definition) is 4. The number of carbonyl (C=O) groups excluding carboxylic acids is 1. The van der Waals surface area contributed by atoms with E-state index in [1.165, 1.54) is 17.7 Å². The lowest BCUT2D eigenvalue weighted by Crippen LogP contribution is -2.35. The van der Waals surface area contributed by atoms with E-state index in [2.05, 4.69) is 11.6 Å². The third-order valence-corrected chi connectivity index (χ3v) is 6.06. The smallest absolute Gasteiger partial charge is 0.254 e. The molecule has 0 aliphatic carbocycles. The van der Waals surface area contributed by atoms with Gasteiger partial charge < -0.3 is 9.64 Å². The van der Waals surface area contributed by atoms with Crippen LogP contribution in [0.4, 0.5) is 0 Å². The van der Waals surface area contributed by atoms with Gasteiger partial charge in [0.2, 0.25) is 10.0 Å². The molecule has 0 spiro atoms. The van der Waals surface area contributed by atoms with Crippen LogP contribution in [0.15, 0.2) is 40.8 Å². The molecule has 25 heavy (non-hydrogen) atoms. The molecule has 0 aromatic heterocycles. The fraction of sp³-hybridized carbons (Fsp3) is 0.500. The van der Waals surface area contributed by atoms with Gasteiger partial charge in [0.15, 0.2) is 0 Å². The van der Waals surface area contributed by atoms with Gasteiger partial charge in [0.25, 0.3) is 5.91 Å². The second-order valence-electron chi connectivity index (χ2n) is 6.57. The highest BCUT2D eigenvalue weighted by molar-refractivity contribution is 7.89. The van der Waals surface area contributed by atoms with Crippen molar-refractivity contribution in [2.45, 2.75) is 37.2 Å². The van der Waals surface area contributed by atoms with E-state index in [9.17, 15) is 13.2 Å². The maximum atomic E-state index is 12.6. The number of ether oxygens (including phenoxy) is 1. The minimum Gasteiger partial charge on any atom is -0.377 e. The lowest BCUT2D eigenvalue weighted by molar-refractivity contribution is 0.0768. The highest BCUT2D eigenvalue weighted by Crippen LogP contribution is 2.17. The molecule has 7 heteroatoms. The molecule has 1 saturated heterocycles. The van der Waals surface area contributed by atoms with E-state index in [0.29, 0.717) is 25.3 Å². The molecule has 1 aromatic rings. The van der Waals surface area contributed by atoms with Crippen molar-refractivity contribution in [3.8, 4) is 0 Å². The highest BCUT2D eigenvalue weighted by atomic mass is 32.2. The fourth-order valence-electron chi connectivity index (χ4n) is 3.03. The number of nitrogens with one attached hydrogen (secondary N) is 1. The first kappa shape index (κ1) is 18.1. The van der Waals surface area contributed by atoms with Crippen LogP contribution in [0, 0.1) is 0 Å². The average Bonchev–Trinajstić information content (AvgIpc) is 3.14. The summed E-state index contributed by atoms with van der Waals surface area (Å²) >= 11 is 0. The summed E-state index contributed by atoms with van der Waals surface area (Å²) in [4.78, 5) is 14.5. The van der Waals surface area contributed by atoms with Crippen LogP contribution >= 0.6 is 0 Å². The molecule has 1 aromatic carbocycles. The number of sulfonamides is 1. The van der Waals surface area contributed by atoms with Crippen molar-refractivity contribution in [3.63, 3.8) is 0 Å². The molecule has 0 unspecified atom stereocenters. The summed E-state index contributed by atoms with van der Waals surface area (Å²) in [6.07, 6.45) is 4.64. The molecule has 6 nitrogen and oxygen atoms in total. The Kier molecular flexibility index (Phi) is 5.56. The molecule has 2 heterocycles. The minimum atomic E-state index is -3.66. The number of amides is 1. The predicted octanol–water partition coefficient (Wildman–Crippen LogP) is 1.94. The third-order valence-electron chi connectivity index (χ3n) is 4.64. The number of benzene rings is 1. The van der Waals surface area contributed by atoms with E-state index >= 15 is 0 Å². The Morgan fingerprint density at radius 2 is 2.24 bits per heavy atom. The van der Waals surface area contributed by atoms with Gasteiger partial charge in [0, 0.05) is 31.8 Å². The first-order valence-electron chi connectivity index (χ1n) is 8.62. The Bertz CT molecular complexity index is 767. The third kappa shape index (κ3) is 4.48. The van der Waals surface area contributed by atoms with Gasteiger partial charge in [-0.3, -0.25) is 4.79 Å². The summed E-state index contributed by atoms with van der Waals surface area (Å²) in [6, 6.07) is 6.23. The van der Waals surface area contributed by atoms with Crippen molar-refractivity contribution < 1.29 is 17.9 Å². The monoisotopic (exact) mass is 364 g/mol. The lowest BCUT2D eigenvalue weighted by atomic mass is 10.1. The van der Waals surface area contributed by atoms with Gasteiger partial charge in [0.1, 0.15) is 0 Å². The van der Waals surface area contributed by atoms with Crippen molar-refractivity contribution in [2.24, 2.45) is 0 Å². The summed E-state index contributed by atoms with van der Waals surface area (Å²) in [5, 5.41) is 0. The number of rotatable bonds is 5. The summed E-state index contributed by atoms with van der Waals surface area (Å²) in [5.74, 6) is -0.139. The van der Waals surface area contributed by atoms with Gasteiger partial charge >= 0.3 is 0 Å². The topological polar surface area (TPSA) is 75.7 Å². The van der Waals surface area contributed by atoms with Gasteiger partial charge in [-0.05, 0) is 44.4 Å². The molecular formula is C18H24N2O4S. The zero-order valence-electron chi connectivity index (χ0n) is 14.4. The number of carbonyl (C=O) groups is 1. The first-order valence-corrected chi connectivity index (χ1v) is 10.1.